The number of hydrogen-bond donors (Lipinski definition) is 0. The summed E-state index contributed by atoms with van der Waals surface area (Å²) in [7, 11) is -2.44. The van der Waals surface area contributed by atoms with Crippen molar-refractivity contribution in [3.05, 3.63) is 60.2 Å². The van der Waals surface area contributed by atoms with Crippen LogP contribution >= 0.6 is 7.14 Å². The zero-order valence-corrected chi connectivity index (χ0v) is 11.2. The van der Waals surface area contributed by atoms with Gasteiger partial charge in [0.15, 0.2) is 0 Å². The molecule has 2 rings (SSSR count). The van der Waals surface area contributed by atoms with E-state index >= 15 is 0 Å². The van der Waals surface area contributed by atoms with E-state index < -0.39 is 7.14 Å². The van der Waals surface area contributed by atoms with Crippen molar-refractivity contribution in [2.24, 2.45) is 0 Å². The highest BCUT2D eigenvalue weighted by atomic mass is 31.2. The largest absolute Gasteiger partial charge is 0.314 e. The Morgan fingerprint density at radius 3 is 2.12 bits per heavy atom. The molecule has 2 aromatic rings. The van der Waals surface area contributed by atoms with Crippen LogP contribution in [0, 0.1) is 6.92 Å². The van der Waals surface area contributed by atoms with Crippen molar-refractivity contribution in [1.82, 2.24) is 0 Å². The van der Waals surface area contributed by atoms with E-state index in [0.717, 1.165) is 16.2 Å². The average Bonchev–Trinajstić information content (AvgIpc) is 2.39. The Kier molecular flexibility index (Phi) is 3.49. The zero-order chi connectivity index (χ0) is 12.3. The van der Waals surface area contributed by atoms with E-state index in [4.69, 9.17) is 0 Å². The van der Waals surface area contributed by atoms with Crippen LogP contribution in [0.4, 0.5) is 0 Å². The van der Waals surface area contributed by atoms with Gasteiger partial charge in [-0.05, 0) is 12.5 Å². The van der Waals surface area contributed by atoms with Gasteiger partial charge in [0.1, 0.15) is 7.14 Å². The van der Waals surface area contributed by atoms with Gasteiger partial charge in [0.05, 0.1) is 0 Å². The van der Waals surface area contributed by atoms with Crippen LogP contribution < -0.4 is 10.6 Å². The van der Waals surface area contributed by atoms with Crippen molar-refractivity contribution in [1.29, 1.82) is 0 Å². The Labute approximate surface area is 103 Å². The molecule has 0 aliphatic rings. The van der Waals surface area contributed by atoms with Crippen molar-refractivity contribution in [3.63, 3.8) is 0 Å². The van der Waals surface area contributed by atoms with E-state index in [-0.39, 0.29) is 0 Å². The fourth-order valence-electron chi connectivity index (χ4n) is 2.13. The molecule has 0 bridgehead atoms. The predicted molar refractivity (Wildman–Crippen MR) is 75.0 cm³/mol. The van der Waals surface area contributed by atoms with Crippen LogP contribution in [-0.2, 0) is 4.57 Å². The summed E-state index contributed by atoms with van der Waals surface area (Å²) in [6, 6.07) is 17.8. The van der Waals surface area contributed by atoms with E-state index in [1.54, 1.807) is 0 Å². The van der Waals surface area contributed by atoms with E-state index in [2.05, 4.69) is 0 Å². The first kappa shape index (κ1) is 12.1. The van der Waals surface area contributed by atoms with Gasteiger partial charge >= 0.3 is 0 Å². The smallest absolute Gasteiger partial charge is 0.143 e. The quantitative estimate of drug-likeness (QED) is 0.757. The van der Waals surface area contributed by atoms with Crippen LogP contribution in [0.15, 0.2) is 54.6 Å². The number of benzene rings is 2. The van der Waals surface area contributed by atoms with E-state index in [1.807, 2.05) is 68.4 Å². The summed E-state index contributed by atoms with van der Waals surface area (Å²) < 4.78 is 13.2. The average molecular weight is 244 g/mol. The first-order valence-corrected chi connectivity index (χ1v) is 7.78. The first-order chi connectivity index (χ1) is 8.18. The lowest BCUT2D eigenvalue weighted by atomic mass is 10.2. The monoisotopic (exact) mass is 244 g/mol. The maximum atomic E-state index is 13.2. The molecule has 1 nitrogen and oxygen atoms in total. The standard InChI is InChI=1S/C15H17OP/c1-3-17(16,14-10-5-4-6-11-14)15-12-8-7-9-13(15)2/h4-12H,3H2,1-2H3/t17-/m1/s1. The molecule has 2 heteroatoms. The van der Waals surface area contributed by atoms with Gasteiger partial charge in [0.25, 0.3) is 0 Å². The summed E-state index contributed by atoms with van der Waals surface area (Å²) in [5.74, 6) is 0. The summed E-state index contributed by atoms with van der Waals surface area (Å²) in [6.07, 6.45) is 0.669. The van der Waals surface area contributed by atoms with Crippen molar-refractivity contribution >= 4 is 17.8 Å². The van der Waals surface area contributed by atoms with E-state index in [1.165, 1.54) is 0 Å². The summed E-state index contributed by atoms with van der Waals surface area (Å²) in [6.45, 7) is 4.03. The summed E-state index contributed by atoms with van der Waals surface area (Å²) in [5.41, 5.74) is 1.11. The topological polar surface area (TPSA) is 17.1 Å². The highest BCUT2D eigenvalue weighted by Crippen LogP contribution is 2.43. The summed E-state index contributed by atoms with van der Waals surface area (Å²) in [4.78, 5) is 0. The third kappa shape index (κ3) is 2.21. The molecule has 1 atom stereocenters. The maximum absolute atomic E-state index is 13.2. The maximum Gasteiger partial charge on any atom is 0.143 e. The summed E-state index contributed by atoms with van der Waals surface area (Å²) >= 11 is 0. The lowest BCUT2D eigenvalue weighted by Crippen LogP contribution is -2.19. The third-order valence-electron chi connectivity index (χ3n) is 3.12. The normalized spacial score (nSPS) is 14.2. The molecule has 0 spiro atoms. The highest BCUT2D eigenvalue weighted by molar-refractivity contribution is 7.78. The van der Waals surface area contributed by atoms with Gasteiger partial charge in [-0.2, -0.15) is 0 Å². The van der Waals surface area contributed by atoms with E-state index in [9.17, 15) is 4.57 Å². The molecule has 0 amide bonds. The number of aryl methyl sites for hydroxylation is 1. The molecular weight excluding hydrogens is 227 g/mol. The second kappa shape index (κ2) is 4.89. The molecule has 17 heavy (non-hydrogen) atoms. The van der Waals surface area contributed by atoms with Crippen LogP contribution in [0.25, 0.3) is 0 Å². The Balaban J connectivity index is 2.61. The van der Waals surface area contributed by atoms with Gasteiger partial charge in [-0.1, -0.05) is 61.5 Å². The molecule has 0 aromatic heterocycles. The molecule has 0 aliphatic carbocycles. The van der Waals surface area contributed by atoms with E-state index in [0.29, 0.717) is 6.16 Å². The second-order valence-corrected chi connectivity index (χ2v) is 7.29. The highest BCUT2D eigenvalue weighted by Gasteiger charge is 2.25. The van der Waals surface area contributed by atoms with Gasteiger partial charge in [0, 0.05) is 16.8 Å². The molecule has 0 aliphatic heterocycles. The van der Waals surface area contributed by atoms with Crippen LogP contribution in [0.3, 0.4) is 0 Å². The molecule has 2 aromatic carbocycles. The van der Waals surface area contributed by atoms with Crippen molar-refractivity contribution in [3.8, 4) is 0 Å². The third-order valence-corrected chi connectivity index (χ3v) is 6.43. The fourth-order valence-corrected chi connectivity index (χ4v) is 4.74. The first-order valence-electron chi connectivity index (χ1n) is 5.89. The minimum absolute atomic E-state index is 0.669. The molecular formula is C15H17OP. The van der Waals surface area contributed by atoms with Crippen LogP contribution in [-0.4, -0.2) is 6.16 Å². The number of hydrogen-bond acceptors (Lipinski definition) is 1. The Morgan fingerprint density at radius 2 is 1.53 bits per heavy atom. The van der Waals surface area contributed by atoms with Crippen LogP contribution in [0.2, 0.25) is 0 Å². The SMILES string of the molecule is CC[P@@](=O)(c1ccccc1)c1ccccc1C. The minimum atomic E-state index is -2.44. The Hall–Kier alpha value is -1.33. The van der Waals surface area contributed by atoms with Gasteiger partial charge < -0.3 is 4.57 Å². The molecule has 0 fully saturated rings. The van der Waals surface area contributed by atoms with Crippen LogP contribution in [0.1, 0.15) is 12.5 Å². The van der Waals surface area contributed by atoms with Gasteiger partial charge in [-0.15, -0.1) is 0 Å². The van der Waals surface area contributed by atoms with Gasteiger partial charge in [-0.25, -0.2) is 0 Å². The lowest BCUT2D eigenvalue weighted by Gasteiger charge is -2.19. The lowest BCUT2D eigenvalue weighted by molar-refractivity contribution is 0.587. The molecule has 0 saturated carbocycles. The fraction of sp³-hybridized carbons (Fsp3) is 0.200. The van der Waals surface area contributed by atoms with Crippen molar-refractivity contribution in [2.45, 2.75) is 13.8 Å². The molecule has 88 valence electrons. The minimum Gasteiger partial charge on any atom is -0.314 e. The number of rotatable bonds is 3. The molecule has 0 saturated heterocycles. The Bertz CT molecular complexity index is 546. The molecule has 0 radical (unpaired) electrons. The summed E-state index contributed by atoms with van der Waals surface area (Å²) in [5, 5.41) is 1.95. The predicted octanol–water partition coefficient (Wildman–Crippen LogP) is 3.33. The zero-order valence-electron chi connectivity index (χ0n) is 10.3. The van der Waals surface area contributed by atoms with Gasteiger partial charge in [0.2, 0.25) is 0 Å². The van der Waals surface area contributed by atoms with Crippen molar-refractivity contribution in [2.75, 3.05) is 6.16 Å². The van der Waals surface area contributed by atoms with Gasteiger partial charge in [-0.3, -0.25) is 0 Å². The molecule has 0 heterocycles. The van der Waals surface area contributed by atoms with Crippen molar-refractivity contribution < 1.29 is 4.57 Å². The Morgan fingerprint density at radius 1 is 0.941 bits per heavy atom. The molecule has 0 N–H and O–H groups in total. The second-order valence-electron chi connectivity index (χ2n) is 4.18. The van der Waals surface area contributed by atoms with Crippen LogP contribution in [0.5, 0.6) is 0 Å². The molecule has 0 unspecified atom stereocenters.